The van der Waals surface area contributed by atoms with E-state index in [1.54, 1.807) is 0 Å². The van der Waals surface area contributed by atoms with Gasteiger partial charge in [0.25, 0.3) is 0 Å². The number of quaternary nitrogens is 1. The largest absolute Gasteiger partial charge is 0.465 e. The molecule has 0 saturated carbocycles. The van der Waals surface area contributed by atoms with E-state index < -0.39 is 6.09 Å². The van der Waals surface area contributed by atoms with Gasteiger partial charge in [0.1, 0.15) is 0 Å². The molecule has 1 amide bonds. The fourth-order valence-corrected chi connectivity index (χ4v) is 3.77. The monoisotopic (exact) mass is 412 g/mol. The normalized spacial score (nSPS) is 11.6. The van der Waals surface area contributed by atoms with E-state index in [9.17, 15) is 4.79 Å². The van der Waals surface area contributed by atoms with Gasteiger partial charge in [0.2, 0.25) is 0 Å². The SMILES string of the molecule is CCCCCCCCCCCCCCCCCCCC[N+](C)(C)C(=N)NC(=O)O. The van der Waals surface area contributed by atoms with Crippen LogP contribution in [0.15, 0.2) is 0 Å². The molecule has 0 fully saturated rings. The Balaban J connectivity index is 3.30. The lowest BCUT2D eigenvalue weighted by Crippen LogP contribution is -2.53. The van der Waals surface area contributed by atoms with Gasteiger partial charge in [-0.25, -0.2) is 15.5 Å². The standard InChI is InChI=1S/C24H49N3O2/c1-4-5-6-7-8-9-10-11-12-13-14-15-16-17-18-19-20-21-22-27(2,3)23(25)26-24(28)29/h4-22H2,1-3H3,(H2-,25,26,28,29)/p+1. The molecule has 0 rings (SSSR count). The van der Waals surface area contributed by atoms with Crippen LogP contribution in [0.5, 0.6) is 0 Å². The molecular formula is C24H50N3O2+. The number of unbranched alkanes of at least 4 members (excludes halogenated alkanes) is 17. The molecule has 0 aliphatic carbocycles. The molecule has 5 nitrogen and oxygen atoms in total. The van der Waals surface area contributed by atoms with Crippen molar-refractivity contribution < 1.29 is 14.4 Å². The maximum Gasteiger partial charge on any atom is 0.414 e. The first-order chi connectivity index (χ1) is 13.9. The molecule has 172 valence electrons. The molecule has 0 unspecified atom stereocenters. The second-order valence-corrected chi connectivity index (χ2v) is 9.20. The highest BCUT2D eigenvalue weighted by atomic mass is 16.4. The van der Waals surface area contributed by atoms with E-state index in [4.69, 9.17) is 10.5 Å². The second-order valence-electron chi connectivity index (χ2n) is 9.20. The van der Waals surface area contributed by atoms with E-state index in [0.717, 1.165) is 13.0 Å². The van der Waals surface area contributed by atoms with Crippen molar-refractivity contribution in [3.05, 3.63) is 0 Å². The van der Waals surface area contributed by atoms with Crippen LogP contribution in [0.3, 0.4) is 0 Å². The predicted molar refractivity (Wildman–Crippen MR) is 125 cm³/mol. The van der Waals surface area contributed by atoms with Gasteiger partial charge in [0.05, 0.1) is 20.6 Å². The third-order valence-corrected chi connectivity index (χ3v) is 5.90. The van der Waals surface area contributed by atoms with Crippen molar-refractivity contribution in [1.29, 1.82) is 5.41 Å². The van der Waals surface area contributed by atoms with E-state index in [1.165, 1.54) is 109 Å². The molecule has 0 bridgehead atoms. The molecule has 5 heteroatoms. The Morgan fingerprint density at radius 3 is 1.31 bits per heavy atom. The van der Waals surface area contributed by atoms with Gasteiger partial charge in [-0.3, -0.25) is 4.48 Å². The van der Waals surface area contributed by atoms with E-state index in [-0.39, 0.29) is 5.96 Å². The van der Waals surface area contributed by atoms with Gasteiger partial charge in [0, 0.05) is 0 Å². The molecule has 0 atom stereocenters. The highest BCUT2D eigenvalue weighted by Crippen LogP contribution is 2.14. The number of hydrogen-bond acceptors (Lipinski definition) is 2. The van der Waals surface area contributed by atoms with Gasteiger partial charge < -0.3 is 5.11 Å². The Morgan fingerprint density at radius 1 is 0.690 bits per heavy atom. The van der Waals surface area contributed by atoms with Crippen molar-refractivity contribution in [2.75, 3.05) is 20.6 Å². The molecule has 0 aromatic heterocycles. The highest BCUT2D eigenvalue weighted by Gasteiger charge is 2.23. The van der Waals surface area contributed by atoms with Crippen LogP contribution < -0.4 is 5.32 Å². The summed E-state index contributed by atoms with van der Waals surface area (Å²) in [6.45, 7) is 3.08. The zero-order valence-electron chi connectivity index (χ0n) is 19.7. The van der Waals surface area contributed by atoms with Crippen LogP contribution in [-0.4, -0.2) is 42.3 Å². The van der Waals surface area contributed by atoms with Crippen molar-refractivity contribution in [3.8, 4) is 0 Å². The van der Waals surface area contributed by atoms with Crippen LogP contribution in [0, 0.1) is 5.41 Å². The Bertz CT molecular complexity index is 411. The zero-order chi connectivity index (χ0) is 21.8. The van der Waals surface area contributed by atoms with Gasteiger partial charge in [-0.05, 0) is 12.8 Å². The highest BCUT2D eigenvalue weighted by molar-refractivity contribution is 5.87. The van der Waals surface area contributed by atoms with Gasteiger partial charge in [0.15, 0.2) is 0 Å². The molecule has 3 N–H and O–H groups in total. The van der Waals surface area contributed by atoms with Crippen LogP contribution in [-0.2, 0) is 0 Å². The van der Waals surface area contributed by atoms with Crippen LogP contribution >= 0.6 is 0 Å². The number of nitrogens with one attached hydrogen (secondary N) is 2. The quantitative estimate of drug-likeness (QED) is 0.0900. The van der Waals surface area contributed by atoms with Crippen molar-refractivity contribution in [2.24, 2.45) is 0 Å². The number of nitrogens with zero attached hydrogens (tertiary/aromatic N) is 1. The minimum atomic E-state index is -1.15. The molecule has 0 spiro atoms. The predicted octanol–water partition coefficient (Wildman–Crippen LogP) is 7.31. The molecule has 0 aliphatic heterocycles. The lowest BCUT2D eigenvalue weighted by Gasteiger charge is -2.28. The Morgan fingerprint density at radius 2 is 1.00 bits per heavy atom. The summed E-state index contributed by atoms with van der Waals surface area (Å²) in [5.41, 5.74) is 0. The first-order valence-electron chi connectivity index (χ1n) is 12.3. The fourth-order valence-electron chi connectivity index (χ4n) is 3.77. The number of amides is 1. The van der Waals surface area contributed by atoms with Crippen LogP contribution in [0.25, 0.3) is 0 Å². The summed E-state index contributed by atoms with van der Waals surface area (Å²) in [6, 6.07) is 0. The number of guanidine groups is 1. The topological polar surface area (TPSA) is 73.2 Å². The molecule has 0 aliphatic rings. The summed E-state index contributed by atoms with van der Waals surface area (Å²) in [5.74, 6) is 0.0458. The Labute approximate surface area is 180 Å². The molecule has 0 saturated heterocycles. The fraction of sp³-hybridized carbons (Fsp3) is 0.917. The second kappa shape index (κ2) is 18.9. The summed E-state index contributed by atoms with van der Waals surface area (Å²) in [6.07, 6.45) is 23.3. The molecule has 29 heavy (non-hydrogen) atoms. The summed E-state index contributed by atoms with van der Waals surface area (Å²) in [5, 5.41) is 18.7. The van der Waals surface area contributed by atoms with Crippen LogP contribution in [0.4, 0.5) is 4.79 Å². The Hall–Kier alpha value is -1.10. The smallest absolute Gasteiger partial charge is 0.414 e. The maximum atomic E-state index is 10.6. The maximum absolute atomic E-state index is 10.6. The van der Waals surface area contributed by atoms with Crippen molar-refractivity contribution in [1.82, 2.24) is 5.32 Å². The zero-order valence-corrected chi connectivity index (χ0v) is 19.7. The number of carbonyl (C=O) groups is 1. The third kappa shape index (κ3) is 18.7. The van der Waals surface area contributed by atoms with Gasteiger partial charge in [-0.15, -0.1) is 0 Å². The summed E-state index contributed by atoms with van der Waals surface area (Å²) >= 11 is 0. The first kappa shape index (κ1) is 27.9. The molecule has 0 aromatic rings. The van der Waals surface area contributed by atoms with E-state index in [1.807, 2.05) is 14.1 Å². The van der Waals surface area contributed by atoms with Crippen LogP contribution in [0.1, 0.15) is 122 Å². The van der Waals surface area contributed by atoms with E-state index >= 15 is 0 Å². The average molecular weight is 413 g/mol. The third-order valence-electron chi connectivity index (χ3n) is 5.90. The average Bonchev–Trinajstić information content (AvgIpc) is 2.66. The first-order valence-corrected chi connectivity index (χ1v) is 12.3. The lowest BCUT2D eigenvalue weighted by atomic mass is 10.0. The molecule has 0 radical (unpaired) electrons. The minimum absolute atomic E-state index is 0.0458. The van der Waals surface area contributed by atoms with Gasteiger partial charge in [-0.2, -0.15) is 0 Å². The summed E-state index contributed by atoms with van der Waals surface area (Å²) in [4.78, 5) is 10.6. The number of rotatable bonds is 19. The van der Waals surface area contributed by atoms with E-state index in [0.29, 0.717) is 4.48 Å². The van der Waals surface area contributed by atoms with Gasteiger partial charge in [-0.1, -0.05) is 110 Å². The summed E-state index contributed by atoms with van der Waals surface area (Å²) in [7, 11) is 3.76. The number of carboxylic acid groups (broad SMARTS) is 1. The van der Waals surface area contributed by atoms with Crippen LogP contribution in [0.2, 0.25) is 0 Å². The van der Waals surface area contributed by atoms with Crippen molar-refractivity contribution >= 4 is 12.1 Å². The van der Waals surface area contributed by atoms with Gasteiger partial charge >= 0.3 is 12.1 Å². The molecule has 0 aromatic carbocycles. The molecule has 0 heterocycles. The van der Waals surface area contributed by atoms with Crippen molar-refractivity contribution in [2.45, 2.75) is 122 Å². The Kier molecular flexibility index (Phi) is 18.2. The molecular weight excluding hydrogens is 362 g/mol. The minimum Gasteiger partial charge on any atom is -0.465 e. The number of hydrogen-bond donors (Lipinski definition) is 3. The van der Waals surface area contributed by atoms with Crippen molar-refractivity contribution in [3.63, 3.8) is 0 Å². The lowest BCUT2D eigenvalue weighted by molar-refractivity contribution is -0.802. The summed E-state index contributed by atoms with van der Waals surface area (Å²) < 4.78 is 0.297. The van der Waals surface area contributed by atoms with E-state index in [2.05, 4.69) is 12.2 Å².